The predicted octanol–water partition coefficient (Wildman–Crippen LogP) is 2.61. The van der Waals surface area contributed by atoms with Crippen molar-refractivity contribution in [3.8, 4) is 0 Å². The lowest BCUT2D eigenvalue weighted by Crippen LogP contribution is -2.46. The van der Waals surface area contributed by atoms with Gasteiger partial charge in [0.2, 0.25) is 0 Å². The Kier molecular flexibility index (Phi) is 4.44. The summed E-state index contributed by atoms with van der Waals surface area (Å²) in [5.41, 5.74) is 0. The average molecular weight is 270 g/mol. The van der Waals surface area contributed by atoms with Gasteiger partial charge >= 0.3 is 12.3 Å². The Labute approximate surface area is 98.9 Å². The Balaban J connectivity index is 2.73. The first kappa shape index (κ1) is 13.9. The van der Waals surface area contributed by atoms with E-state index in [0.717, 1.165) is 11.3 Å². The largest absolute Gasteiger partial charge is 0.383 e. The highest BCUT2D eigenvalue weighted by molar-refractivity contribution is 7.09. The molecular formula is C9H10F4N2OS. The first-order chi connectivity index (χ1) is 7.89. The lowest BCUT2D eigenvalue weighted by Gasteiger charge is -2.19. The number of rotatable bonds is 5. The number of carbonyl (C=O) groups is 1. The van der Waals surface area contributed by atoms with Gasteiger partial charge in [0.1, 0.15) is 5.01 Å². The summed E-state index contributed by atoms with van der Waals surface area (Å²) in [6.07, 6.45) is -2.28. The standard InChI is InChI=1S/C9H10F4N2OS/c1-2-5(6-14-3-4-17-6)15-8(16)9(12,13)7(10)11/h3-5,7H,2H2,1H3,(H,15,16). The number of alkyl halides is 4. The summed E-state index contributed by atoms with van der Waals surface area (Å²) in [7, 11) is 0. The zero-order valence-electron chi connectivity index (χ0n) is 8.79. The summed E-state index contributed by atoms with van der Waals surface area (Å²) in [4.78, 5) is 14.8. The molecule has 1 unspecified atom stereocenters. The van der Waals surface area contributed by atoms with E-state index in [0.29, 0.717) is 11.4 Å². The minimum atomic E-state index is -4.68. The van der Waals surface area contributed by atoms with Gasteiger partial charge in [-0.25, -0.2) is 13.8 Å². The maximum absolute atomic E-state index is 12.7. The Morgan fingerprint density at radius 2 is 2.24 bits per heavy atom. The number of nitrogens with one attached hydrogen (secondary N) is 1. The van der Waals surface area contributed by atoms with Crippen molar-refractivity contribution >= 4 is 17.2 Å². The van der Waals surface area contributed by atoms with E-state index in [2.05, 4.69) is 4.98 Å². The molecule has 17 heavy (non-hydrogen) atoms. The monoisotopic (exact) mass is 270 g/mol. The van der Waals surface area contributed by atoms with E-state index in [1.165, 1.54) is 6.20 Å². The van der Waals surface area contributed by atoms with Crippen LogP contribution in [0.2, 0.25) is 0 Å². The molecule has 1 aromatic rings. The molecule has 0 spiro atoms. The van der Waals surface area contributed by atoms with E-state index in [1.54, 1.807) is 12.3 Å². The van der Waals surface area contributed by atoms with E-state index < -0.39 is 24.3 Å². The molecule has 1 aromatic heterocycles. The van der Waals surface area contributed by atoms with Crippen molar-refractivity contribution < 1.29 is 22.4 Å². The van der Waals surface area contributed by atoms with Crippen LogP contribution in [0.5, 0.6) is 0 Å². The van der Waals surface area contributed by atoms with E-state index in [4.69, 9.17) is 0 Å². The van der Waals surface area contributed by atoms with Crippen molar-refractivity contribution in [2.45, 2.75) is 31.7 Å². The summed E-state index contributed by atoms with van der Waals surface area (Å²) < 4.78 is 49.3. The number of aromatic nitrogens is 1. The fourth-order valence-corrected chi connectivity index (χ4v) is 1.87. The molecule has 1 rings (SSSR count). The molecule has 1 N–H and O–H groups in total. The van der Waals surface area contributed by atoms with Gasteiger partial charge in [0, 0.05) is 11.6 Å². The number of hydrogen-bond acceptors (Lipinski definition) is 3. The molecule has 0 saturated carbocycles. The van der Waals surface area contributed by atoms with Gasteiger partial charge in [0.05, 0.1) is 6.04 Å². The van der Waals surface area contributed by atoms with Crippen LogP contribution in [-0.4, -0.2) is 23.2 Å². The van der Waals surface area contributed by atoms with E-state index in [9.17, 15) is 22.4 Å². The summed E-state index contributed by atoms with van der Waals surface area (Å²) in [5, 5.41) is 3.88. The van der Waals surface area contributed by atoms with Gasteiger partial charge in [-0.1, -0.05) is 6.92 Å². The average Bonchev–Trinajstić information content (AvgIpc) is 2.78. The first-order valence-electron chi connectivity index (χ1n) is 4.75. The number of hydrogen-bond donors (Lipinski definition) is 1. The van der Waals surface area contributed by atoms with Crippen molar-refractivity contribution in [2.75, 3.05) is 0 Å². The molecule has 96 valence electrons. The van der Waals surface area contributed by atoms with Gasteiger partial charge in [-0.2, -0.15) is 8.78 Å². The molecule has 0 radical (unpaired) electrons. The number of amides is 1. The summed E-state index contributed by atoms with van der Waals surface area (Å²) in [5.74, 6) is -6.65. The molecule has 1 heterocycles. The topological polar surface area (TPSA) is 42.0 Å². The molecule has 0 aliphatic heterocycles. The van der Waals surface area contributed by atoms with Crippen LogP contribution >= 0.6 is 11.3 Å². The van der Waals surface area contributed by atoms with E-state index in [1.807, 2.05) is 5.32 Å². The quantitative estimate of drug-likeness (QED) is 0.836. The Morgan fingerprint density at radius 3 is 2.65 bits per heavy atom. The Morgan fingerprint density at radius 1 is 1.59 bits per heavy atom. The van der Waals surface area contributed by atoms with Crippen LogP contribution in [0.1, 0.15) is 24.4 Å². The van der Waals surface area contributed by atoms with E-state index in [-0.39, 0.29) is 0 Å². The van der Waals surface area contributed by atoms with Gasteiger partial charge < -0.3 is 5.32 Å². The van der Waals surface area contributed by atoms with Gasteiger partial charge in [-0.05, 0) is 6.42 Å². The number of thiazole rings is 1. The maximum atomic E-state index is 12.7. The second-order valence-corrected chi connectivity index (χ2v) is 4.15. The third-order valence-electron chi connectivity index (χ3n) is 2.04. The summed E-state index contributed by atoms with van der Waals surface area (Å²) in [6, 6.07) is -0.771. The first-order valence-corrected chi connectivity index (χ1v) is 5.63. The van der Waals surface area contributed by atoms with Crippen molar-refractivity contribution in [3.05, 3.63) is 16.6 Å². The van der Waals surface area contributed by atoms with E-state index >= 15 is 0 Å². The van der Waals surface area contributed by atoms with Crippen molar-refractivity contribution in [1.29, 1.82) is 0 Å². The molecule has 0 aliphatic carbocycles. The Bertz CT molecular complexity index is 369. The van der Waals surface area contributed by atoms with Crippen LogP contribution in [0.25, 0.3) is 0 Å². The normalized spacial score (nSPS) is 13.8. The molecule has 0 saturated heterocycles. The van der Waals surface area contributed by atoms with Crippen LogP contribution < -0.4 is 5.32 Å². The minimum absolute atomic E-state index is 0.290. The molecule has 0 fully saturated rings. The summed E-state index contributed by atoms with van der Waals surface area (Å²) >= 11 is 1.16. The minimum Gasteiger partial charge on any atom is -0.341 e. The Hall–Kier alpha value is -1.18. The zero-order valence-corrected chi connectivity index (χ0v) is 9.61. The highest BCUT2D eigenvalue weighted by Crippen LogP contribution is 2.25. The highest BCUT2D eigenvalue weighted by Gasteiger charge is 2.49. The highest BCUT2D eigenvalue weighted by atomic mass is 32.1. The maximum Gasteiger partial charge on any atom is 0.383 e. The third-order valence-corrected chi connectivity index (χ3v) is 2.93. The molecule has 0 aromatic carbocycles. The smallest absolute Gasteiger partial charge is 0.341 e. The number of carbonyl (C=O) groups excluding carboxylic acids is 1. The van der Waals surface area contributed by atoms with Crippen LogP contribution in [0, 0.1) is 0 Å². The molecule has 1 amide bonds. The third kappa shape index (κ3) is 3.15. The fraction of sp³-hybridized carbons (Fsp3) is 0.556. The fourth-order valence-electron chi connectivity index (χ4n) is 1.10. The van der Waals surface area contributed by atoms with Gasteiger partial charge in [0.25, 0.3) is 5.91 Å². The molecule has 0 aliphatic rings. The molecule has 1 atom stereocenters. The van der Waals surface area contributed by atoms with Gasteiger partial charge in [-0.3, -0.25) is 4.79 Å². The molecule has 3 nitrogen and oxygen atoms in total. The van der Waals surface area contributed by atoms with Crippen molar-refractivity contribution in [3.63, 3.8) is 0 Å². The second kappa shape index (κ2) is 5.44. The molecule has 8 heteroatoms. The van der Waals surface area contributed by atoms with Crippen molar-refractivity contribution in [2.24, 2.45) is 0 Å². The zero-order chi connectivity index (χ0) is 13.1. The SMILES string of the molecule is CCC(NC(=O)C(F)(F)C(F)F)c1nccs1. The van der Waals surface area contributed by atoms with Gasteiger partial charge in [-0.15, -0.1) is 11.3 Å². The van der Waals surface area contributed by atoms with Crippen LogP contribution in [0.3, 0.4) is 0 Å². The summed E-state index contributed by atoms with van der Waals surface area (Å²) in [6.45, 7) is 1.63. The van der Waals surface area contributed by atoms with Gasteiger partial charge in [0.15, 0.2) is 0 Å². The van der Waals surface area contributed by atoms with Crippen LogP contribution in [0.15, 0.2) is 11.6 Å². The second-order valence-electron chi connectivity index (χ2n) is 3.23. The van der Waals surface area contributed by atoms with Crippen LogP contribution in [-0.2, 0) is 4.79 Å². The van der Waals surface area contributed by atoms with Crippen LogP contribution in [0.4, 0.5) is 17.6 Å². The lowest BCUT2D eigenvalue weighted by atomic mass is 10.2. The number of nitrogens with zero attached hydrogens (tertiary/aromatic N) is 1. The molecule has 0 bridgehead atoms. The molecular weight excluding hydrogens is 260 g/mol. The lowest BCUT2D eigenvalue weighted by molar-refractivity contribution is -0.170. The van der Waals surface area contributed by atoms with Crippen molar-refractivity contribution in [1.82, 2.24) is 10.3 Å². The number of halogens is 4. The predicted molar refractivity (Wildman–Crippen MR) is 54.2 cm³/mol.